The number of alkyl halides is 3. The summed E-state index contributed by atoms with van der Waals surface area (Å²) in [4.78, 5) is 19.9. The summed E-state index contributed by atoms with van der Waals surface area (Å²) in [5.74, 6) is -0.211. The van der Waals surface area contributed by atoms with Gasteiger partial charge in [0.05, 0.1) is 6.04 Å². The van der Waals surface area contributed by atoms with Crippen molar-refractivity contribution in [3.63, 3.8) is 0 Å². The van der Waals surface area contributed by atoms with Crippen LogP contribution in [0, 0.1) is 18.3 Å². The van der Waals surface area contributed by atoms with E-state index in [-0.39, 0.29) is 17.9 Å². The molecule has 1 aliphatic rings. The number of nitrogens with one attached hydrogen (secondary N) is 1. The number of halogens is 3. The molecule has 0 radical (unpaired) electrons. The van der Waals surface area contributed by atoms with Crippen molar-refractivity contribution in [3.8, 4) is 12.3 Å². The van der Waals surface area contributed by atoms with Crippen molar-refractivity contribution in [2.75, 3.05) is 6.54 Å². The van der Waals surface area contributed by atoms with Crippen molar-refractivity contribution in [1.82, 2.24) is 5.32 Å². The van der Waals surface area contributed by atoms with Gasteiger partial charge in [0.2, 0.25) is 5.91 Å². The molecule has 1 saturated heterocycles. The van der Waals surface area contributed by atoms with Gasteiger partial charge in [-0.1, -0.05) is 5.92 Å². The van der Waals surface area contributed by atoms with Crippen LogP contribution in [0.25, 0.3) is 0 Å². The van der Waals surface area contributed by atoms with E-state index in [2.05, 4.69) is 11.2 Å². The summed E-state index contributed by atoms with van der Waals surface area (Å²) in [6, 6.07) is -0.274. The van der Waals surface area contributed by atoms with Gasteiger partial charge >= 0.3 is 12.1 Å². The number of aliphatic carboxylic acids is 1. The smallest absolute Gasteiger partial charge is 0.475 e. The number of carbonyl (C=O) groups is 2. The molecule has 0 spiro atoms. The third kappa shape index (κ3) is 6.10. The number of hydrogen-bond acceptors (Lipinski definition) is 3. The van der Waals surface area contributed by atoms with E-state index >= 15 is 0 Å². The van der Waals surface area contributed by atoms with E-state index in [9.17, 15) is 18.0 Å². The van der Waals surface area contributed by atoms with Gasteiger partial charge < -0.3 is 16.2 Å². The standard InChI is InChI=1S/C8H12N2O.C2HF3O2/c1-2-7(9)5-6-3-4-10-8(6)11;3-2(4,5)1(6)7/h1,6-7H,3-5,9H2,(H,10,11);(H,6,7)/t6-,7+;/m0./s1. The zero-order chi connectivity index (χ0) is 14.3. The monoisotopic (exact) mass is 266 g/mol. The predicted octanol–water partition coefficient (Wildman–Crippen LogP) is 0.106. The SMILES string of the molecule is C#C[C@@H](N)C[C@@H]1CCNC1=O.O=C(O)C(F)(F)F. The summed E-state index contributed by atoms with van der Waals surface area (Å²) in [5.41, 5.74) is 5.50. The molecule has 5 nitrogen and oxygen atoms in total. The molecular formula is C10H13F3N2O3. The third-order valence-corrected chi connectivity index (χ3v) is 2.16. The number of nitrogens with two attached hydrogens (primary N) is 1. The highest BCUT2D eigenvalue weighted by Crippen LogP contribution is 2.14. The molecule has 18 heavy (non-hydrogen) atoms. The highest BCUT2D eigenvalue weighted by molar-refractivity contribution is 5.80. The zero-order valence-corrected chi connectivity index (χ0v) is 9.33. The summed E-state index contributed by atoms with van der Waals surface area (Å²) in [6.07, 6.45) is 1.49. The first-order valence-corrected chi connectivity index (χ1v) is 4.98. The van der Waals surface area contributed by atoms with Crippen molar-refractivity contribution < 1.29 is 27.9 Å². The lowest BCUT2D eigenvalue weighted by molar-refractivity contribution is -0.192. The molecular weight excluding hydrogens is 253 g/mol. The Hall–Kier alpha value is -1.75. The van der Waals surface area contributed by atoms with Gasteiger partial charge in [0.1, 0.15) is 0 Å². The van der Waals surface area contributed by atoms with Gasteiger partial charge in [-0.2, -0.15) is 13.2 Å². The van der Waals surface area contributed by atoms with Crippen molar-refractivity contribution in [2.45, 2.75) is 25.1 Å². The van der Waals surface area contributed by atoms with Crippen LogP contribution in [0.2, 0.25) is 0 Å². The molecule has 0 aromatic heterocycles. The molecule has 8 heteroatoms. The van der Waals surface area contributed by atoms with Crippen LogP contribution in [0.3, 0.4) is 0 Å². The molecule has 0 aliphatic carbocycles. The van der Waals surface area contributed by atoms with Crippen molar-refractivity contribution in [3.05, 3.63) is 0 Å². The summed E-state index contributed by atoms with van der Waals surface area (Å²) in [7, 11) is 0. The van der Waals surface area contributed by atoms with Crippen LogP contribution in [0.15, 0.2) is 0 Å². The third-order valence-electron chi connectivity index (χ3n) is 2.16. The van der Waals surface area contributed by atoms with Crippen LogP contribution < -0.4 is 11.1 Å². The minimum Gasteiger partial charge on any atom is -0.475 e. The number of carbonyl (C=O) groups excluding carboxylic acids is 1. The Morgan fingerprint density at radius 1 is 1.67 bits per heavy atom. The van der Waals surface area contributed by atoms with Crippen LogP contribution in [0.4, 0.5) is 13.2 Å². The van der Waals surface area contributed by atoms with E-state index < -0.39 is 12.1 Å². The molecule has 0 unspecified atom stereocenters. The number of hydrogen-bond donors (Lipinski definition) is 3. The fourth-order valence-electron chi connectivity index (χ4n) is 1.24. The van der Waals surface area contributed by atoms with E-state index in [4.69, 9.17) is 22.1 Å². The van der Waals surface area contributed by atoms with E-state index in [1.54, 1.807) is 0 Å². The largest absolute Gasteiger partial charge is 0.490 e. The lowest BCUT2D eigenvalue weighted by Crippen LogP contribution is -2.26. The molecule has 1 fully saturated rings. The fraction of sp³-hybridized carbons (Fsp3) is 0.600. The summed E-state index contributed by atoms with van der Waals surface area (Å²) >= 11 is 0. The van der Waals surface area contributed by atoms with Crippen LogP contribution in [0.1, 0.15) is 12.8 Å². The van der Waals surface area contributed by atoms with Crippen LogP contribution in [-0.2, 0) is 9.59 Å². The zero-order valence-electron chi connectivity index (χ0n) is 9.33. The van der Waals surface area contributed by atoms with Gasteiger partial charge in [0.15, 0.2) is 0 Å². The minimum atomic E-state index is -5.08. The lowest BCUT2D eigenvalue weighted by atomic mass is 9.99. The fourth-order valence-corrected chi connectivity index (χ4v) is 1.24. The van der Waals surface area contributed by atoms with Gasteiger partial charge in [0.25, 0.3) is 0 Å². The van der Waals surface area contributed by atoms with E-state index in [0.717, 1.165) is 13.0 Å². The number of rotatable bonds is 2. The average Bonchev–Trinajstić information content (AvgIpc) is 2.64. The molecule has 1 rings (SSSR count). The Morgan fingerprint density at radius 2 is 2.17 bits per heavy atom. The van der Waals surface area contributed by atoms with Gasteiger partial charge in [-0.05, 0) is 12.8 Å². The molecule has 102 valence electrons. The molecule has 0 aromatic carbocycles. The lowest BCUT2D eigenvalue weighted by Gasteiger charge is -2.07. The second-order valence-electron chi connectivity index (χ2n) is 3.59. The second kappa shape index (κ2) is 6.86. The number of carboxylic acids is 1. The number of amides is 1. The first-order valence-electron chi connectivity index (χ1n) is 4.98. The van der Waals surface area contributed by atoms with Crippen LogP contribution in [0.5, 0.6) is 0 Å². The highest BCUT2D eigenvalue weighted by Gasteiger charge is 2.38. The van der Waals surface area contributed by atoms with Crippen LogP contribution >= 0.6 is 0 Å². The summed E-state index contributed by atoms with van der Waals surface area (Å²) < 4.78 is 31.7. The van der Waals surface area contributed by atoms with Crippen molar-refractivity contribution >= 4 is 11.9 Å². The number of carboxylic acid groups (broad SMARTS) is 1. The Morgan fingerprint density at radius 3 is 2.44 bits per heavy atom. The van der Waals surface area contributed by atoms with Crippen molar-refractivity contribution in [1.29, 1.82) is 0 Å². The highest BCUT2D eigenvalue weighted by atomic mass is 19.4. The van der Waals surface area contributed by atoms with Gasteiger partial charge in [-0.25, -0.2) is 4.79 Å². The van der Waals surface area contributed by atoms with Gasteiger partial charge in [-0.3, -0.25) is 4.79 Å². The molecule has 4 N–H and O–H groups in total. The molecule has 1 aliphatic heterocycles. The van der Waals surface area contributed by atoms with E-state index in [1.807, 2.05) is 0 Å². The Labute approximate surface area is 102 Å². The first-order chi connectivity index (χ1) is 8.18. The Balaban J connectivity index is 0.000000360. The van der Waals surface area contributed by atoms with Gasteiger partial charge in [0, 0.05) is 12.5 Å². The van der Waals surface area contributed by atoms with E-state index in [0.29, 0.717) is 6.42 Å². The maximum absolute atomic E-state index is 11.0. The van der Waals surface area contributed by atoms with Gasteiger partial charge in [-0.15, -0.1) is 6.42 Å². The number of terminal acetylenes is 1. The maximum Gasteiger partial charge on any atom is 0.490 e. The molecule has 0 aromatic rings. The molecule has 1 amide bonds. The topological polar surface area (TPSA) is 92.4 Å². The Bertz CT molecular complexity index is 349. The summed E-state index contributed by atoms with van der Waals surface area (Å²) in [6.45, 7) is 0.765. The Kier molecular flexibility index (Phi) is 6.19. The quantitative estimate of drug-likeness (QED) is 0.618. The average molecular weight is 266 g/mol. The predicted molar refractivity (Wildman–Crippen MR) is 56.2 cm³/mol. The molecule has 1 heterocycles. The molecule has 2 atom stereocenters. The summed E-state index contributed by atoms with van der Waals surface area (Å²) in [5, 5.41) is 9.86. The maximum atomic E-state index is 11.0. The van der Waals surface area contributed by atoms with Crippen molar-refractivity contribution in [2.24, 2.45) is 11.7 Å². The second-order valence-corrected chi connectivity index (χ2v) is 3.59. The van der Waals surface area contributed by atoms with E-state index in [1.165, 1.54) is 0 Å². The molecule has 0 saturated carbocycles. The first kappa shape index (κ1) is 16.2. The normalized spacial score (nSPS) is 20.2. The molecule has 0 bridgehead atoms. The van der Waals surface area contributed by atoms with Crippen LogP contribution in [-0.4, -0.2) is 35.7 Å². The minimum absolute atomic E-state index is 0.0426.